The van der Waals surface area contributed by atoms with Crippen LogP contribution < -0.4 is 0 Å². The van der Waals surface area contributed by atoms with Crippen LogP contribution in [0.4, 0.5) is 8.78 Å². The van der Waals surface area contributed by atoms with Crippen LogP contribution in [0.15, 0.2) is 0 Å². The molecule has 2 saturated carbocycles. The average molecular weight is 343 g/mol. The predicted molar refractivity (Wildman–Crippen MR) is 99.7 cm³/mol. The van der Waals surface area contributed by atoms with Crippen molar-refractivity contribution in [2.24, 2.45) is 29.6 Å². The van der Waals surface area contributed by atoms with Crippen molar-refractivity contribution in [3.63, 3.8) is 0 Å². The summed E-state index contributed by atoms with van der Waals surface area (Å²) < 4.78 is 27.6. The van der Waals surface area contributed by atoms with Crippen LogP contribution in [0.5, 0.6) is 0 Å². The normalized spacial score (nSPS) is 37.1. The molecule has 5 atom stereocenters. The van der Waals surface area contributed by atoms with Crippen LogP contribution in [0.3, 0.4) is 0 Å². The Morgan fingerprint density at radius 2 is 1.62 bits per heavy atom. The van der Waals surface area contributed by atoms with Crippen molar-refractivity contribution in [2.45, 2.75) is 110 Å². The largest absolute Gasteiger partial charge is 0.247 e. The van der Waals surface area contributed by atoms with Crippen LogP contribution in [0.1, 0.15) is 97.8 Å². The summed E-state index contributed by atoms with van der Waals surface area (Å²) in [6.45, 7) is 6.77. The van der Waals surface area contributed by atoms with Crippen LogP contribution in [-0.4, -0.2) is 12.3 Å². The molecule has 0 nitrogen and oxygen atoms in total. The monoisotopic (exact) mass is 342 g/mol. The van der Waals surface area contributed by atoms with Gasteiger partial charge in [0.25, 0.3) is 0 Å². The minimum absolute atomic E-state index is 0.304. The zero-order valence-corrected chi connectivity index (χ0v) is 16.3. The highest BCUT2D eigenvalue weighted by atomic mass is 19.1. The van der Waals surface area contributed by atoms with E-state index in [9.17, 15) is 8.78 Å². The maximum absolute atomic E-state index is 14.3. The Hall–Kier alpha value is -0.140. The van der Waals surface area contributed by atoms with Gasteiger partial charge < -0.3 is 0 Å². The summed E-state index contributed by atoms with van der Waals surface area (Å²) in [7, 11) is 0. The third kappa shape index (κ3) is 6.30. The lowest BCUT2D eigenvalue weighted by Gasteiger charge is -2.34. The van der Waals surface area contributed by atoms with E-state index in [0.717, 1.165) is 50.4 Å². The standard InChI is InChI=1S/C22H40F2/c1-4-18(8-9-19-10-12-20(23)13-11-19)7-6-17(3)21-14-5-16(2)15-22(21)24/h16-22H,4-15H2,1-3H3. The Balaban J connectivity index is 1.66. The molecule has 2 aliphatic rings. The van der Waals surface area contributed by atoms with Crippen LogP contribution >= 0.6 is 0 Å². The molecule has 0 bridgehead atoms. The second-order valence-corrected chi connectivity index (χ2v) is 9.12. The maximum Gasteiger partial charge on any atom is 0.103 e. The van der Waals surface area contributed by atoms with Crippen molar-refractivity contribution < 1.29 is 8.78 Å². The molecule has 0 aromatic carbocycles. The molecular weight excluding hydrogens is 302 g/mol. The molecule has 2 rings (SSSR count). The SMILES string of the molecule is CCC(CCC1CCC(F)CC1)CCC(C)C1CCC(C)CC1F. The van der Waals surface area contributed by atoms with E-state index in [-0.39, 0.29) is 0 Å². The van der Waals surface area contributed by atoms with Gasteiger partial charge in [0, 0.05) is 0 Å². The molecule has 0 spiro atoms. The molecule has 2 aliphatic carbocycles. The summed E-state index contributed by atoms with van der Waals surface area (Å²) in [6.07, 6.45) is 12.0. The second-order valence-electron chi connectivity index (χ2n) is 9.12. The van der Waals surface area contributed by atoms with Crippen LogP contribution in [0, 0.1) is 29.6 Å². The first kappa shape index (κ1) is 20.2. The Morgan fingerprint density at radius 1 is 0.917 bits per heavy atom. The Bertz CT molecular complexity index is 335. The fourth-order valence-electron chi connectivity index (χ4n) is 5.12. The molecule has 0 amide bonds. The highest BCUT2D eigenvalue weighted by Gasteiger charge is 2.32. The predicted octanol–water partition coefficient (Wildman–Crippen LogP) is 7.51. The number of hydrogen-bond acceptors (Lipinski definition) is 0. The second kappa shape index (κ2) is 10.1. The topological polar surface area (TPSA) is 0 Å². The van der Waals surface area contributed by atoms with E-state index in [1.54, 1.807) is 0 Å². The molecule has 0 saturated heterocycles. The van der Waals surface area contributed by atoms with Gasteiger partial charge in [-0.1, -0.05) is 59.3 Å². The van der Waals surface area contributed by atoms with Gasteiger partial charge in [-0.15, -0.1) is 0 Å². The first-order chi connectivity index (χ1) is 11.5. The summed E-state index contributed by atoms with van der Waals surface area (Å²) in [5.41, 5.74) is 0. The smallest absolute Gasteiger partial charge is 0.103 e. The number of hydrogen-bond donors (Lipinski definition) is 0. The zero-order chi connectivity index (χ0) is 17.5. The maximum atomic E-state index is 14.3. The molecule has 0 radical (unpaired) electrons. The number of rotatable bonds is 8. The highest BCUT2D eigenvalue weighted by Crippen LogP contribution is 2.38. The van der Waals surface area contributed by atoms with E-state index in [1.807, 2.05) is 0 Å². The van der Waals surface area contributed by atoms with E-state index in [1.165, 1.54) is 38.5 Å². The molecule has 24 heavy (non-hydrogen) atoms. The molecule has 0 aromatic rings. The van der Waals surface area contributed by atoms with E-state index in [4.69, 9.17) is 0 Å². The molecule has 2 fully saturated rings. The summed E-state index contributed by atoms with van der Waals surface area (Å²) >= 11 is 0. The third-order valence-electron chi connectivity index (χ3n) is 7.18. The summed E-state index contributed by atoms with van der Waals surface area (Å²) in [4.78, 5) is 0. The minimum atomic E-state index is -0.570. The van der Waals surface area contributed by atoms with Gasteiger partial charge in [-0.2, -0.15) is 0 Å². The van der Waals surface area contributed by atoms with Crippen molar-refractivity contribution in [3.05, 3.63) is 0 Å². The van der Waals surface area contributed by atoms with Gasteiger partial charge in [-0.25, -0.2) is 8.78 Å². The molecule has 0 aliphatic heterocycles. The van der Waals surface area contributed by atoms with Crippen LogP contribution in [-0.2, 0) is 0 Å². The van der Waals surface area contributed by atoms with Gasteiger partial charge in [0.15, 0.2) is 0 Å². The van der Waals surface area contributed by atoms with Gasteiger partial charge in [0.2, 0.25) is 0 Å². The quantitative estimate of drug-likeness (QED) is 0.428. The fraction of sp³-hybridized carbons (Fsp3) is 1.00. The van der Waals surface area contributed by atoms with Gasteiger partial charge in [0.1, 0.15) is 12.3 Å². The Morgan fingerprint density at radius 3 is 2.25 bits per heavy atom. The summed E-state index contributed by atoms with van der Waals surface area (Å²) in [6, 6.07) is 0. The van der Waals surface area contributed by atoms with E-state index >= 15 is 0 Å². The third-order valence-corrected chi connectivity index (χ3v) is 7.18. The Kier molecular flexibility index (Phi) is 8.50. The van der Waals surface area contributed by atoms with Crippen molar-refractivity contribution >= 4 is 0 Å². The van der Waals surface area contributed by atoms with Gasteiger partial charge in [-0.3, -0.25) is 0 Å². The van der Waals surface area contributed by atoms with Gasteiger partial charge in [0.05, 0.1) is 0 Å². The molecule has 5 unspecified atom stereocenters. The number of alkyl halides is 2. The van der Waals surface area contributed by atoms with Gasteiger partial charge in [-0.05, 0) is 68.1 Å². The molecule has 0 aromatic heterocycles. The first-order valence-corrected chi connectivity index (χ1v) is 10.8. The Labute approximate surface area is 149 Å². The van der Waals surface area contributed by atoms with Crippen molar-refractivity contribution in [3.8, 4) is 0 Å². The molecular formula is C22H40F2. The molecule has 0 heterocycles. The first-order valence-electron chi connectivity index (χ1n) is 10.8. The van der Waals surface area contributed by atoms with Crippen molar-refractivity contribution in [2.75, 3.05) is 0 Å². The van der Waals surface area contributed by atoms with Crippen LogP contribution in [0.2, 0.25) is 0 Å². The summed E-state index contributed by atoms with van der Waals surface area (Å²) in [5.74, 6) is 2.96. The number of halogens is 2. The lowest BCUT2D eigenvalue weighted by Crippen LogP contribution is -2.30. The lowest BCUT2D eigenvalue weighted by atomic mass is 9.73. The van der Waals surface area contributed by atoms with Gasteiger partial charge >= 0.3 is 0 Å². The van der Waals surface area contributed by atoms with Crippen LogP contribution in [0.25, 0.3) is 0 Å². The fourth-order valence-corrected chi connectivity index (χ4v) is 5.12. The van der Waals surface area contributed by atoms with E-state index in [0.29, 0.717) is 17.8 Å². The average Bonchev–Trinajstić information content (AvgIpc) is 2.56. The lowest BCUT2D eigenvalue weighted by molar-refractivity contribution is 0.0871. The van der Waals surface area contributed by atoms with Crippen molar-refractivity contribution in [1.82, 2.24) is 0 Å². The molecule has 0 N–H and O–H groups in total. The van der Waals surface area contributed by atoms with Crippen molar-refractivity contribution in [1.29, 1.82) is 0 Å². The van der Waals surface area contributed by atoms with E-state index in [2.05, 4.69) is 20.8 Å². The van der Waals surface area contributed by atoms with E-state index < -0.39 is 12.3 Å². The molecule has 2 heteroatoms. The molecule has 142 valence electrons. The highest BCUT2D eigenvalue weighted by molar-refractivity contribution is 4.82. The minimum Gasteiger partial charge on any atom is -0.247 e. The zero-order valence-electron chi connectivity index (χ0n) is 16.3. The summed E-state index contributed by atoms with van der Waals surface area (Å²) in [5, 5.41) is 0.